The number of hydrogen-bond acceptors (Lipinski definition) is 6. The van der Waals surface area contributed by atoms with E-state index in [-0.39, 0.29) is 11.9 Å². The van der Waals surface area contributed by atoms with Gasteiger partial charge in [0.25, 0.3) is 5.91 Å². The molecule has 1 fully saturated rings. The Balaban J connectivity index is 1.45. The molecule has 7 heteroatoms. The third kappa shape index (κ3) is 5.00. The number of carbonyl (C=O) groups is 1. The van der Waals surface area contributed by atoms with E-state index in [1.54, 1.807) is 7.11 Å². The maximum absolute atomic E-state index is 13.0. The van der Waals surface area contributed by atoms with Crippen LogP contribution in [0.4, 0.5) is 0 Å². The highest BCUT2D eigenvalue weighted by atomic mass is 16.5. The van der Waals surface area contributed by atoms with E-state index in [0.29, 0.717) is 31.3 Å². The molecule has 2 aromatic rings. The second-order valence-electron chi connectivity index (χ2n) is 8.64. The number of rotatable bonds is 9. The van der Waals surface area contributed by atoms with Gasteiger partial charge in [-0.25, -0.2) is 0 Å². The topological polar surface area (TPSA) is 63.3 Å². The molecule has 0 aromatic heterocycles. The van der Waals surface area contributed by atoms with Crippen LogP contribution in [0.5, 0.6) is 17.2 Å². The normalized spacial score (nSPS) is 18.1. The van der Waals surface area contributed by atoms with Gasteiger partial charge in [0.05, 0.1) is 13.7 Å². The zero-order valence-corrected chi connectivity index (χ0v) is 19.2. The molecule has 0 aliphatic carbocycles. The summed E-state index contributed by atoms with van der Waals surface area (Å²) in [5, 5.41) is 3.41. The molecule has 1 unspecified atom stereocenters. The van der Waals surface area contributed by atoms with Gasteiger partial charge in [0.15, 0.2) is 11.5 Å². The van der Waals surface area contributed by atoms with E-state index in [9.17, 15) is 4.79 Å². The fourth-order valence-electron chi connectivity index (χ4n) is 4.28. The Morgan fingerprint density at radius 3 is 2.75 bits per heavy atom. The number of ether oxygens (including phenoxy) is 3. The minimum absolute atomic E-state index is 0.111. The van der Waals surface area contributed by atoms with Gasteiger partial charge in [-0.05, 0) is 63.3 Å². The maximum atomic E-state index is 13.0. The molecular formula is C25H33N3O4. The van der Waals surface area contributed by atoms with Crippen LogP contribution in [0.15, 0.2) is 36.4 Å². The summed E-state index contributed by atoms with van der Waals surface area (Å²) in [7, 11) is 5.67. The predicted molar refractivity (Wildman–Crippen MR) is 124 cm³/mol. The smallest absolute Gasteiger partial charge is 0.254 e. The molecule has 0 saturated carbocycles. The van der Waals surface area contributed by atoms with E-state index < -0.39 is 0 Å². The molecule has 1 atom stereocenters. The molecule has 1 saturated heterocycles. The Morgan fingerprint density at radius 1 is 1.12 bits per heavy atom. The van der Waals surface area contributed by atoms with Crippen LogP contribution in [0.1, 0.15) is 34.3 Å². The number of amides is 1. The van der Waals surface area contributed by atoms with Crippen LogP contribution in [0.2, 0.25) is 0 Å². The number of benzene rings is 2. The fourth-order valence-corrected chi connectivity index (χ4v) is 4.28. The van der Waals surface area contributed by atoms with Crippen LogP contribution >= 0.6 is 0 Å². The number of nitrogens with one attached hydrogen (secondary N) is 1. The fraction of sp³-hybridized carbons (Fsp3) is 0.480. The van der Waals surface area contributed by atoms with E-state index in [4.69, 9.17) is 14.2 Å². The number of fused-ring (bicyclic) bond motifs is 1. The lowest BCUT2D eigenvalue weighted by Gasteiger charge is -2.31. The molecule has 0 bridgehead atoms. The molecule has 2 aliphatic rings. The van der Waals surface area contributed by atoms with Gasteiger partial charge >= 0.3 is 0 Å². The summed E-state index contributed by atoms with van der Waals surface area (Å²) >= 11 is 0. The van der Waals surface area contributed by atoms with Crippen molar-refractivity contribution in [2.75, 3.05) is 47.4 Å². The molecule has 2 heterocycles. The number of nitrogens with zero attached hydrogens (tertiary/aromatic N) is 2. The quantitative estimate of drug-likeness (QED) is 0.648. The average molecular weight is 440 g/mol. The summed E-state index contributed by atoms with van der Waals surface area (Å²) in [6.07, 6.45) is 2.15. The van der Waals surface area contributed by atoms with E-state index >= 15 is 0 Å². The minimum Gasteiger partial charge on any atom is -0.493 e. The van der Waals surface area contributed by atoms with Crippen molar-refractivity contribution in [2.24, 2.45) is 0 Å². The number of likely N-dealkylation sites (N-methyl/N-ethyl adjacent to an activating group) is 1. The standard InChI is InChI=1S/C25H33N3O4/c1-27(2)12-13-31-24-14-18(9-10-23(24)30-3)17-32-22-8-4-7-20-21(22)16-28(25(20)29)19-6-5-11-26-15-19/h4,7-10,14,19,26H,5-6,11-13,15-17H2,1-3H3. The molecule has 2 aromatic carbocycles. The van der Waals surface area contributed by atoms with Crippen molar-refractivity contribution in [3.63, 3.8) is 0 Å². The van der Waals surface area contributed by atoms with E-state index in [1.807, 2.05) is 55.4 Å². The summed E-state index contributed by atoms with van der Waals surface area (Å²) in [6, 6.07) is 11.9. The molecule has 1 N–H and O–H groups in total. The predicted octanol–water partition coefficient (Wildman–Crippen LogP) is 2.92. The third-order valence-electron chi connectivity index (χ3n) is 6.08. The van der Waals surface area contributed by atoms with Crippen LogP contribution in [0.3, 0.4) is 0 Å². The molecule has 1 amide bonds. The highest BCUT2D eigenvalue weighted by molar-refractivity contribution is 5.99. The van der Waals surface area contributed by atoms with Crippen molar-refractivity contribution < 1.29 is 19.0 Å². The van der Waals surface area contributed by atoms with Gasteiger partial charge in [-0.2, -0.15) is 0 Å². The van der Waals surface area contributed by atoms with Crippen molar-refractivity contribution >= 4 is 5.91 Å². The van der Waals surface area contributed by atoms with Crippen LogP contribution in [-0.2, 0) is 13.2 Å². The highest BCUT2D eigenvalue weighted by Crippen LogP contribution is 2.34. The van der Waals surface area contributed by atoms with Crippen molar-refractivity contribution in [2.45, 2.75) is 32.0 Å². The lowest BCUT2D eigenvalue weighted by atomic mass is 10.1. The largest absolute Gasteiger partial charge is 0.493 e. The second-order valence-corrected chi connectivity index (χ2v) is 8.64. The summed E-state index contributed by atoms with van der Waals surface area (Å²) < 4.78 is 17.5. The van der Waals surface area contributed by atoms with Crippen molar-refractivity contribution in [1.29, 1.82) is 0 Å². The summed E-state index contributed by atoms with van der Waals surface area (Å²) in [5.41, 5.74) is 2.73. The van der Waals surface area contributed by atoms with E-state index in [2.05, 4.69) is 10.2 Å². The third-order valence-corrected chi connectivity index (χ3v) is 6.08. The lowest BCUT2D eigenvalue weighted by molar-refractivity contribution is 0.0674. The molecule has 0 radical (unpaired) electrons. The van der Waals surface area contributed by atoms with Gasteiger partial charge in [-0.3, -0.25) is 4.79 Å². The summed E-state index contributed by atoms with van der Waals surface area (Å²) in [6.45, 7) is 4.29. The van der Waals surface area contributed by atoms with Crippen molar-refractivity contribution in [1.82, 2.24) is 15.1 Å². The first-order valence-corrected chi connectivity index (χ1v) is 11.3. The Hall–Kier alpha value is -2.77. The van der Waals surface area contributed by atoms with Gasteiger partial charge < -0.3 is 29.3 Å². The lowest BCUT2D eigenvalue weighted by Crippen LogP contribution is -2.46. The zero-order chi connectivity index (χ0) is 22.5. The summed E-state index contributed by atoms with van der Waals surface area (Å²) in [4.78, 5) is 17.1. The van der Waals surface area contributed by atoms with Gasteiger partial charge in [-0.15, -0.1) is 0 Å². The number of piperidine rings is 1. The van der Waals surface area contributed by atoms with Crippen LogP contribution in [-0.4, -0.2) is 69.2 Å². The first-order chi connectivity index (χ1) is 15.6. The van der Waals surface area contributed by atoms with E-state index in [0.717, 1.165) is 54.9 Å². The Labute approximate surface area is 190 Å². The first kappa shape index (κ1) is 22.4. The molecule has 4 rings (SSSR count). The second kappa shape index (κ2) is 10.2. The van der Waals surface area contributed by atoms with Crippen molar-refractivity contribution in [3.05, 3.63) is 53.1 Å². The average Bonchev–Trinajstić information content (AvgIpc) is 3.15. The van der Waals surface area contributed by atoms with Gasteiger partial charge in [0.1, 0.15) is 19.0 Å². The number of methoxy groups -OCH3 is 1. The Bertz CT molecular complexity index is 941. The Kier molecular flexibility index (Phi) is 7.17. The van der Waals surface area contributed by atoms with Gasteiger partial charge in [-0.1, -0.05) is 12.1 Å². The molecule has 2 aliphatic heterocycles. The molecular weight excluding hydrogens is 406 g/mol. The number of carbonyl (C=O) groups excluding carboxylic acids is 1. The first-order valence-electron chi connectivity index (χ1n) is 11.3. The van der Waals surface area contributed by atoms with Gasteiger partial charge in [0, 0.05) is 30.3 Å². The van der Waals surface area contributed by atoms with Crippen LogP contribution in [0, 0.1) is 0 Å². The zero-order valence-electron chi connectivity index (χ0n) is 19.2. The monoisotopic (exact) mass is 439 g/mol. The summed E-state index contributed by atoms with van der Waals surface area (Å²) in [5.74, 6) is 2.29. The molecule has 7 nitrogen and oxygen atoms in total. The minimum atomic E-state index is 0.111. The van der Waals surface area contributed by atoms with Crippen molar-refractivity contribution in [3.8, 4) is 17.2 Å². The molecule has 32 heavy (non-hydrogen) atoms. The molecule has 172 valence electrons. The maximum Gasteiger partial charge on any atom is 0.254 e. The molecule has 0 spiro atoms. The van der Waals surface area contributed by atoms with E-state index in [1.165, 1.54) is 0 Å². The number of hydrogen-bond donors (Lipinski definition) is 1. The Morgan fingerprint density at radius 2 is 2.00 bits per heavy atom. The van der Waals surface area contributed by atoms with Crippen LogP contribution < -0.4 is 19.5 Å². The highest BCUT2D eigenvalue weighted by Gasteiger charge is 2.35. The van der Waals surface area contributed by atoms with Crippen LogP contribution in [0.25, 0.3) is 0 Å². The van der Waals surface area contributed by atoms with Gasteiger partial charge in [0.2, 0.25) is 0 Å². The SMILES string of the molecule is COc1ccc(COc2cccc3c2CN(C2CCCNC2)C3=O)cc1OCCN(C)C.